The summed E-state index contributed by atoms with van der Waals surface area (Å²) in [4.78, 5) is -0.157. The first-order valence-electron chi connectivity index (χ1n) is 4.03. The van der Waals surface area contributed by atoms with Crippen LogP contribution in [0.4, 0.5) is 0 Å². The summed E-state index contributed by atoms with van der Waals surface area (Å²) in [6.45, 7) is 0. The van der Waals surface area contributed by atoms with Gasteiger partial charge in [-0.3, -0.25) is 0 Å². The molecule has 0 unspecified atom stereocenters. The van der Waals surface area contributed by atoms with Gasteiger partial charge in [-0.15, -0.1) is 0 Å². The van der Waals surface area contributed by atoms with Crippen molar-refractivity contribution < 1.29 is 95.3 Å². The molecule has 0 fully saturated rings. The van der Waals surface area contributed by atoms with E-state index >= 15 is 0 Å². The van der Waals surface area contributed by atoms with Crippen LogP contribution in [-0.2, 0) is 10.1 Å². The molecule has 16 heavy (non-hydrogen) atoms. The van der Waals surface area contributed by atoms with Crippen molar-refractivity contribution in [2.75, 3.05) is 0 Å². The number of hydrogen-bond donors (Lipinski definition) is 0. The summed E-state index contributed by atoms with van der Waals surface area (Å²) in [5.41, 5.74) is 0. The minimum absolute atomic E-state index is 0. The van der Waals surface area contributed by atoms with E-state index in [2.05, 4.69) is 0 Å². The molecule has 2 aromatic carbocycles. The molecule has 0 amide bonds. The summed E-state index contributed by atoms with van der Waals surface area (Å²) < 4.78 is 32.7. The zero-order valence-electron chi connectivity index (χ0n) is 10.2. The smallest absolute Gasteiger partial charge is 1.00 e. The predicted molar refractivity (Wildman–Crippen MR) is 53.0 cm³/mol. The van der Waals surface area contributed by atoms with E-state index in [0.717, 1.165) is 5.39 Å². The molecule has 0 saturated heterocycles. The minimum Gasteiger partial charge on any atom is -1.00 e. The Balaban J connectivity index is 0. The summed E-state index contributed by atoms with van der Waals surface area (Å²) in [7, 11) is -4.38. The van der Waals surface area contributed by atoms with Gasteiger partial charge in [0.1, 0.15) is 10.1 Å². The third-order valence-corrected chi connectivity index (χ3v) is 2.91. The minimum atomic E-state index is -4.38. The van der Waals surface area contributed by atoms with Gasteiger partial charge >= 0.3 is 80.9 Å². The van der Waals surface area contributed by atoms with Gasteiger partial charge in [-0.25, -0.2) is 8.42 Å². The molecule has 74 valence electrons. The molecule has 0 saturated carbocycles. The van der Waals surface area contributed by atoms with Crippen LogP contribution in [0.5, 0.6) is 0 Å². The average molecular weight is 270 g/mol. The van der Waals surface area contributed by atoms with E-state index in [1.165, 1.54) is 6.07 Å². The maximum Gasteiger partial charge on any atom is 1.00 e. The third-order valence-electron chi connectivity index (χ3n) is 2.02. The van der Waals surface area contributed by atoms with Crippen LogP contribution < -0.4 is 80.9 Å². The second-order valence-corrected chi connectivity index (χ2v) is 4.28. The molecule has 2 aromatic rings. The van der Waals surface area contributed by atoms with Gasteiger partial charge in [0.05, 0.1) is 4.90 Å². The van der Waals surface area contributed by atoms with Crippen LogP contribution in [0.1, 0.15) is 1.43 Å². The van der Waals surface area contributed by atoms with E-state index in [9.17, 15) is 13.0 Å². The number of rotatable bonds is 1. The predicted octanol–water partition coefficient (Wildman–Crippen LogP) is -4.14. The van der Waals surface area contributed by atoms with Gasteiger partial charge in [-0.1, -0.05) is 36.4 Å². The van der Waals surface area contributed by atoms with Gasteiger partial charge in [-0.05, 0) is 16.8 Å². The van der Waals surface area contributed by atoms with Crippen molar-refractivity contribution in [3.05, 3.63) is 42.5 Å². The van der Waals surface area contributed by atoms with Crippen molar-refractivity contribution in [3.63, 3.8) is 0 Å². The van der Waals surface area contributed by atoms with Gasteiger partial charge in [-0.2, -0.15) is 0 Å². The van der Waals surface area contributed by atoms with E-state index in [4.69, 9.17) is 0 Å². The van der Waals surface area contributed by atoms with E-state index in [1.54, 1.807) is 36.4 Å². The Morgan fingerprint density at radius 3 is 2.19 bits per heavy atom. The van der Waals surface area contributed by atoms with Crippen molar-refractivity contribution in [3.8, 4) is 0 Å². The van der Waals surface area contributed by atoms with E-state index in [0.29, 0.717) is 5.39 Å². The summed E-state index contributed by atoms with van der Waals surface area (Å²) in [6, 6.07) is 11.5. The third kappa shape index (κ3) is 3.88. The molecule has 0 aromatic heterocycles. The fourth-order valence-electron chi connectivity index (χ4n) is 1.41. The normalized spacial score (nSPS) is 10.3. The molecule has 0 N–H and O–H groups in total. The van der Waals surface area contributed by atoms with Crippen LogP contribution >= 0.6 is 0 Å². The number of fused-ring (bicyclic) bond motifs is 1. The first-order valence-corrected chi connectivity index (χ1v) is 5.43. The number of benzene rings is 2. The van der Waals surface area contributed by atoms with E-state index in [1.807, 2.05) is 0 Å². The molecule has 0 aliphatic rings. The molecule has 0 heterocycles. The van der Waals surface area contributed by atoms with Gasteiger partial charge in [0.15, 0.2) is 0 Å². The number of hydrogen-bond acceptors (Lipinski definition) is 3. The summed E-state index contributed by atoms with van der Waals surface area (Å²) in [6.07, 6.45) is 0. The molecular formula is C10H8KNaO3S. The fourth-order valence-corrected chi connectivity index (χ4v) is 2.11. The second-order valence-electron chi connectivity index (χ2n) is 2.93. The Kier molecular flexibility index (Phi) is 7.53. The summed E-state index contributed by atoms with van der Waals surface area (Å²) >= 11 is 0. The molecule has 0 bridgehead atoms. The zero-order chi connectivity index (χ0) is 10.2. The molecule has 0 atom stereocenters. The van der Waals surface area contributed by atoms with Crippen molar-refractivity contribution in [2.24, 2.45) is 0 Å². The molecule has 0 radical (unpaired) electrons. The molecule has 0 spiro atoms. The van der Waals surface area contributed by atoms with Crippen LogP contribution in [0.3, 0.4) is 0 Å². The van der Waals surface area contributed by atoms with Crippen LogP contribution in [-0.4, -0.2) is 13.0 Å². The molecular weight excluding hydrogens is 262 g/mol. The summed E-state index contributed by atoms with van der Waals surface area (Å²) in [5.74, 6) is 0. The van der Waals surface area contributed by atoms with Crippen LogP contribution in [0.25, 0.3) is 10.8 Å². The van der Waals surface area contributed by atoms with Crippen molar-refractivity contribution >= 4 is 20.9 Å². The Hall–Kier alpha value is 1.25. The molecule has 3 nitrogen and oxygen atoms in total. The molecule has 0 aliphatic heterocycles. The molecule has 2 rings (SSSR count). The quantitative estimate of drug-likeness (QED) is 0.391. The standard InChI is InChI=1S/C10H8O3S.K.Na.H/c11-14(12,13)10-7-3-5-8-4-1-2-6-9(8)10;;;/h1-7H,(H,11,12,13);;;/q;2*+1;-1/p-1. The van der Waals surface area contributed by atoms with Crippen LogP contribution in [0, 0.1) is 0 Å². The van der Waals surface area contributed by atoms with Crippen molar-refractivity contribution in [1.82, 2.24) is 0 Å². The van der Waals surface area contributed by atoms with Crippen LogP contribution in [0.2, 0.25) is 0 Å². The molecule has 0 aliphatic carbocycles. The first-order chi connectivity index (χ1) is 6.59. The first kappa shape index (κ1) is 17.2. The Bertz CT molecular complexity index is 584. The maximum absolute atomic E-state index is 10.9. The van der Waals surface area contributed by atoms with Gasteiger partial charge in [0.2, 0.25) is 0 Å². The van der Waals surface area contributed by atoms with E-state index in [-0.39, 0.29) is 87.3 Å². The maximum atomic E-state index is 10.9. The van der Waals surface area contributed by atoms with Crippen LogP contribution in [0.15, 0.2) is 47.4 Å². The SMILES string of the molecule is O=S(=O)([O-])c1cccc2ccccc12.[H-].[K+].[Na+]. The van der Waals surface area contributed by atoms with Gasteiger partial charge in [0.25, 0.3) is 0 Å². The van der Waals surface area contributed by atoms with Gasteiger partial charge < -0.3 is 5.98 Å². The molecule has 6 heteroatoms. The largest absolute Gasteiger partial charge is 1.00 e. The Morgan fingerprint density at radius 1 is 1.00 bits per heavy atom. The van der Waals surface area contributed by atoms with Gasteiger partial charge in [0, 0.05) is 0 Å². The Morgan fingerprint density at radius 2 is 1.56 bits per heavy atom. The van der Waals surface area contributed by atoms with E-state index < -0.39 is 10.1 Å². The monoisotopic (exact) mass is 270 g/mol. The zero-order valence-corrected chi connectivity index (χ0v) is 15.1. The van der Waals surface area contributed by atoms with Crippen molar-refractivity contribution in [2.45, 2.75) is 4.90 Å². The fraction of sp³-hybridized carbons (Fsp3) is 0. The van der Waals surface area contributed by atoms with Crippen molar-refractivity contribution in [1.29, 1.82) is 0 Å². The summed E-state index contributed by atoms with van der Waals surface area (Å²) in [5, 5.41) is 1.23. The second kappa shape index (κ2) is 6.99. The average Bonchev–Trinajstić information content (AvgIpc) is 2.15. The topological polar surface area (TPSA) is 57.2 Å². The Labute approximate surface area is 161 Å².